The van der Waals surface area contributed by atoms with E-state index in [0.29, 0.717) is 5.56 Å². The van der Waals surface area contributed by atoms with Crippen LogP contribution < -0.4 is 10.5 Å². The third-order valence-electron chi connectivity index (χ3n) is 2.45. The number of hydrogen-bond acceptors (Lipinski definition) is 4. The molecule has 0 saturated heterocycles. The second kappa shape index (κ2) is 5.23. The predicted molar refractivity (Wildman–Crippen MR) is 61.2 cm³/mol. The lowest BCUT2D eigenvalue weighted by molar-refractivity contribution is -0.274. The van der Waals surface area contributed by atoms with Crippen LogP contribution in [0.1, 0.15) is 17.2 Å². The average molecular weight is 269 g/mol. The molecule has 1 heterocycles. The summed E-state index contributed by atoms with van der Waals surface area (Å²) >= 11 is 0. The third kappa shape index (κ3) is 3.41. The summed E-state index contributed by atoms with van der Waals surface area (Å²) in [6, 6.07) is 6.55. The highest BCUT2D eigenvalue weighted by Gasteiger charge is 2.32. The average Bonchev–Trinajstić information content (AvgIpc) is 2.38. The predicted octanol–water partition coefficient (Wildman–Crippen LogP) is 2.42. The molecule has 0 saturated carbocycles. The van der Waals surface area contributed by atoms with Gasteiger partial charge in [-0.1, -0.05) is 18.2 Å². The molecular formula is C12H10F3N3O. The van der Waals surface area contributed by atoms with E-state index in [1.807, 2.05) is 0 Å². The summed E-state index contributed by atoms with van der Waals surface area (Å²) in [5, 5.41) is 7.23. The van der Waals surface area contributed by atoms with Gasteiger partial charge in [0.15, 0.2) is 0 Å². The molecule has 19 heavy (non-hydrogen) atoms. The first-order chi connectivity index (χ1) is 8.97. The highest BCUT2D eigenvalue weighted by atomic mass is 19.4. The zero-order valence-corrected chi connectivity index (χ0v) is 9.63. The number of benzene rings is 1. The zero-order chi connectivity index (χ0) is 13.9. The third-order valence-corrected chi connectivity index (χ3v) is 2.45. The maximum Gasteiger partial charge on any atom is 0.573 e. The lowest BCUT2D eigenvalue weighted by atomic mass is 10.0. The fourth-order valence-corrected chi connectivity index (χ4v) is 1.62. The highest BCUT2D eigenvalue weighted by molar-refractivity contribution is 5.40. The fraction of sp³-hybridized carbons (Fsp3) is 0.167. The van der Waals surface area contributed by atoms with Gasteiger partial charge < -0.3 is 10.5 Å². The molecule has 2 rings (SSSR count). The first-order valence-electron chi connectivity index (χ1n) is 5.34. The number of aromatic nitrogens is 2. The molecule has 0 bridgehead atoms. The van der Waals surface area contributed by atoms with Crippen molar-refractivity contribution in [1.29, 1.82) is 0 Å². The topological polar surface area (TPSA) is 61.0 Å². The Morgan fingerprint density at radius 2 is 1.84 bits per heavy atom. The van der Waals surface area contributed by atoms with Crippen LogP contribution in [0.15, 0.2) is 42.7 Å². The van der Waals surface area contributed by atoms with E-state index in [9.17, 15) is 13.2 Å². The van der Waals surface area contributed by atoms with Crippen LogP contribution in [0.2, 0.25) is 0 Å². The van der Waals surface area contributed by atoms with Gasteiger partial charge in [0.25, 0.3) is 0 Å². The number of rotatable bonds is 3. The molecule has 0 aliphatic heterocycles. The maximum atomic E-state index is 12.3. The van der Waals surface area contributed by atoms with E-state index in [1.54, 1.807) is 12.1 Å². The van der Waals surface area contributed by atoms with E-state index in [4.69, 9.17) is 5.73 Å². The summed E-state index contributed by atoms with van der Waals surface area (Å²) < 4.78 is 40.9. The van der Waals surface area contributed by atoms with Crippen LogP contribution >= 0.6 is 0 Å². The lowest BCUT2D eigenvalue weighted by Gasteiger charge is -2.17. The van der Waals surface area contributed by atoms with Crippen molar-refractivity contribution in [3.63, 3.8) is 0 Å². The summed E-state index contributed by atoms with van der Waals surface area (Å²) in [5.41, 5.74) is 6.70. The number of hydrogen-bond donors (Lipinski definition) is 1. The van der Waals surface area contributed by atoms with Gasteiger partial charge in [-0.05, 0) is 17.7 Å². The first kappa shape index (κ1) is 13.3. The molecule has 7 heteroatoms. The lowest BCUT2D eigenvalue weighted by Crippen LogP contribution is -2.20. The van der Waals surface area contributed by atoms with Gasteiger partial charge in [-0.25, -0.2) is 0 Å². The van der Waals surface area contributed by atoms with Crippen LogP contribution in [0.25, 0.3) is 0 Å². The number of nitrogens with zero attached hydrogens (tertiary/aromatic N) is 2. The molecule has 1 aromatic heterocycles. The number of ether oxygens (including phenoxy) is 1. The van der Waals surface area contributed by atoms with Crippen molar-refractivity contribution in [2.75, 3.05) is 0 Å². The van der Waals surface area contributed by atoms with Crippen LogP contribution in [0.3, 0.4) is 0 Å². The Labute approximate surface area is 107 Å². The monoisotopic (exact) mass is 269 g/mol. The summed E-state index contributed by atoms with van der Waals surface area (Å²) in [6.45, 7) is 0. The molecule has 0 aliphatic carbocycles. The van der Waals surface area contributed by atoms with Crippen molar-refractivity contribution in [3.8, 4) is 5.75 Å². The minimum atomic E-state index is -4.76. The number of alkyl halides is 3. The largest absolute Gasteiger partial charge is 0.573 e. The standard InChI is InChI=1S/C12H10F3N3O/c13-12(14,15)19-10-4-2-1-3-9(10)11(16)8-5-6-17-18-7-8/h1-7,11H,16H2. The molecule has 1 aromatic carbocycles. The van der Waals surface area contributed by atoms with Crippen LogP contribution in [-0.4, -0.2) is 16.6 Å². The van der Waals surface area contributed by atoms with E-state index in [2.05, 4.69) is 14.9 Å². The Bertz CT molecular complexity index is 545. The fourth-order valence-electron chi connectivity index (χ4n) is 1.62. The van der Waals surface area contributed by atoms with Gasteiger partial charge in [0.2, 0.25) is 0 Å². The highest BCUT2D eigenvalue weighted by Crippen LogP contribution is 2.31. The second-order valence-electron chi connectivity index (χ2n) is 3.74. The van der Waals surface area contributed by atoms with Gasteiger partial charge in [-0.15, -0.1) is 13.2 Å². The number of halogens is 3. The van der Waals surface area contributed by atoms with E-state index < -0.39 is 12.4 Å². The van der Waals surface area contributed by atoms with Gasteiger partial charge in [-0.3, -0.25) is 0 Å². The quantitative estimate of drug-likeness (QED) is 0.929. The molecule has 0 amide bonds. The number of para-hydroxylation sites is 1. The minimum absolute atomic E-state index is 0.229. The van der Waals surface area contributed by atoms with Crippen molar-refractivity contribution in [2.45, 2.75) is 12.4 Å². The van der Waals surface area contributed by atoms with Gasteiger partial charge in [-0.2, -0.15) is 10.2 Å². The molecule has 2 N–H and O–H groups in total. The summed E-state index contributed by atoms with van der Waals surface area (Å²) in [5.74, 6) is -0.320. The van der Waals surface area contributed by atoms with Crippen molar-refractivity contribution in [1.82, 2.24) is 10.2 Å². The summed E-state index contributed by atoms with van der Waals surface area (Å²) in [4.78, 5) is 0. The summed E-state index contributed by atoms with van der Waals surface area (Å²) in [7, 11) is 0. The Morgan fingerprint density at radius 3 is 2.47 bits per heavy atom. The molecule has 0 fully saturated rings. The molecule has 100 valence electrons. The number of nitrogens with two attached hydrogens (primary N) is 1. The van der Waals surface area contributed by atoms with Crippen molar-refractivity contribution in [3.05, 3.63) is 53.9 Å². The Kier molecular flexibility index (Phi) is 3.66. The molecular weight excluding hydrogens is 259 g/mol. The molecule has 1 atom stereocenters. The molecule has 0 radical (unpaired) electrons. The van der Waals surface area contributed by atoms with Gasteiger partial charge in [0.1, 0.15) is 5.75 Å². The van der Waals surface area contributed by atoms with Crippen molar-refractivity contribution < 1.29 is 17.9 Å². The molecule has 1 unspecified atom stereocenters. The molecule has 4 nitrogen and oxygen atoms in total. The first-order valence-corrected chi connectivity index (χ1v) is 5.34. The second-order valence-corrected chi connectivity index (χ2v) is 3.74. The van der Waals surface area contributed by atoms with Gasteiger partial charge in [0.05, 0.1) is 12.2 Å². The Hall–Kier alpha value is -2.15. The molecule has 2 aromatic rings. The molecule has 0 spiro atoms. The van der Waals surface area contributed by atoms with Gasteiger partial charge >= 0.3 is 6.36 Å². The van der Waals surface area contributed by atoms with E-state index >= 15 is 0 Å². The van der Waals surface area contributed by atoms with E-state index in [0.717, 1.165) is 0 Å². The van der Waals surface area contributed by atoms with Crippen molar-refractivity contribution >= 4 is 0 Å². The zero-order valence-electron chi connectivity index (χ0n) is 9.63. The maximum absolute atomic E-state index is 12.3. The van der Waals surface area contributed by atoms with Crippen LogP contribution in [0.4, 0.5) is 13.2 Å². The van der Waals surface area contributed by atoms with E-state index in [-0.39, 0.29) is 11.3 Å². The Balaban J connectivity index is 2.35. The molecule has 0 aliphatic rings. The summed E-state index contributed by atoms with van der Waals surface area (Å²) in [6.07, 6.45) is -1.94. The van der Waals surface area contributed by atoms with Crippen LogP contribution in [0.5, 0.6) is 5.75 Å². The minimum Gasteiger partial charge on any atom is -0.405 e. The smallest absolute Gasteiger partial charge is 0.405 e. The van der Waals surface area contributed by atoms with Crippen LogP contribution in [0, 0.1) is 0 Å². The van der Waals surface area contributed by atoms with Crippen molar-refractivity contribution in [2.24, 2.45) is 5.73 Å². The van der Waals surface area contributed by atoms with Crippen LogP contribution in [-0.2, 0) is 0 Å². The SMILES string of the molecule is NC(c1ccnnc1)c1ccccc1OC(F)(F)F. The Morgan fingerprint density at radius 1 is 1.11 bits per heavy atom. The van der Waals surface area contributed by atoms with E-state index in [1.165, 1.54) is 30.6 Å². The van der Waals surface area contributed by atoms with Gasteiger partial charge in [0, 0.05) is 11.8 Å². The normalized spacial score (nSPS) is 13.1.